The van der Waals surface area contributed by atoms with Crippen LogP contribution in [0.3, 0.4) is 0 Å². The molecular weight excluding hydrogens is 535 g/mol. The minimum absolute atomic E-state index is 0.198. The van der Waals surface area contributed by atoms with Gasteiger partial charge in [0.05, 0.1) is 21.0 Å². The van der Waals surface area contributed by atoms with Crippen LogP contribution < -0.4 is 10.2 Å². The summed E-state index contributed by atoms with van der Waals surface area (Å²) in [6, 6.07) is 20.3. The van der Waals surface area contributed by atoms with Gasteiger partial charge in [-0.2, -0.15) is 5.10 Å². The van der Waals surface area contributed by atoms with Gasteiger partial charge in [0.15, 0.2) is 0 Å². The highest BCUT2D eigenvalue weighted by atomic mass is 127. The van der Waals surface area contributed by atoms with Gasteiger partial charge in [0.1, 0.15) is 12.4 Å². The van der Waals surface area contributed by atoms with Crippen molar-refractivity contribution >= 4 is 56.4 Å². The van der Waals surface area contributed by atoms with E-state index >= 15 is 0 Å². The van der Waals surface area contributed by atoms with Gasteiger partial charge in [-0.05, 0) is 58.5 Å². The van der Waals surface area contributed by atoms with Crippen molar-refractivity contribution < 1.29 is 14.6 Å². The van der Waals surface area contributed by atoms with Crippen molar-refractivity contribution in [1.29, 1.82) is 0 Å². The maximum Gasteiger partial charge on any atom is 0.335 e. The number of hydrogen-bond donors (Lipinski definition) is 2. The number of halogens is 2. The Morgan fingerprint density at radius 1 is 1.14 bits per heavy atom. The first-order chi connectivity index (χ1) is 13.5. The second-order valence-corrected chi connectivity index (χ2v) is 7.91. The normalized spacial score (nSPS) is 10.8. The Bertz CT molecular complexity index is 1010. The Kier molecular flexibility index (Phi) is 7.05. The third-order valence-corrected chi connectivity index (χ3v) is 5.03. The molecule has 0 bridgehead atoms. The number of nitrogens with one attached hydrogen (secondary N) is 1. The van der Waals surface area contributed by atoms with Crippen molar-refractivity contribution in [2.24, 2.45) is 5.10 Å². The van der Waals surface area contributed by atoms with Crippen LogP contribution in [0, 0.1) is 3.57 Å². The molecule has 3 rings (SSSR count). The van der Waals surface area contributed by atoms with E-state index in [1.165, 1.54) is 12.1 Å². The van der Waals surface area contributed by atoms with Crippen molar-refractivity contribution in [3.63, 3.8) is 0 Å². The summed E-state index contributed by atoms with van der Waals surface area (Å²) < 4.78 is 7.91. The number of carboxylic acids is 1. The predicted molar refractivity (Wildman–Crippen MR) is 122 cm³/mol. The molecule has 0 amide bonds. The molecule has 0 aromatic heterocycles. The number of anilines is 1. The van der Waals surface area contributed by atoms with Gasteiger partial charge in [-0.1, -0.05) is 52.3 Å². The molecule has 3 aromatic rings. The van der Waals surface area contributed by atoms with E-state index in [0.29, 0.717) is 12.3 Å². The Morgan fingerprint density at radius 3 is 2.68 bits per heavy atom. The van der Waals surface area contributed by atoms with Crippen LogP contribution >= 0.6 is 38.5 Å². The summed E-state index contributed by atoms with van der Waals surface area (Å²) in [5.41, 5.74) is 5.53. The van der Waals surface area contributed by atoms with Crippen LogP contribution in [0.25, 0.3) is 0 Å². The minimum atomic E-state index is -0.981. The van der Waals surface area contributed by atoms with Crippen LogP contribution in [0.1, 0.15) is 21.5 Å². The van der Waals surface area contributed by atoms with E-state index < -0.39 is 5.97 Å². The number of carboxylic acid groups (broad SMARTS) is 1. The van der Waals surface area contributed by atoms with E-state index in [1.807, 2.05) is 42.5 Å². The third-order valence-electron chi connectivity index (χ3n) is 3.77. The number of nitrogens with zero attached hydrogens (tertiary/aromatic N) is 1. The molecule has 0 saturated carbocycles. The van der Waals surface area contributed by atoms with E-state index in [1.54, 1.807) is 18.3 Å². The number of hydrogen-bond acceptors (Lipinski definition) is 4. The number of hydrazone groups is 1. The molecule has 0 aliphatic rings. The minimum Gasteiger partial charge on any atom is -0.487 e. The van der Waals surface area contributed by atoms with Gasteiger partial charge in [-0.3, -0.25) is 5.43 Å². The smallest absolute Gasteiger partial charge is 0.335 e. The predicted octanol–water partition coefficient (Wildman–Crippen LogP) is 5.78. The van der Waals surface area contributed by atoms with Crippen LogP contribution in [-0.4, -0.2) is 17.3 Å². The summed E-state index contributed by atoms with van der Waals surface area (Å²) in [7, 11) is 0. The van der Waals surface area contributed by atoms with Gasteiger partial charge in [0, 0.05) is 10.0 Å². The zero-order valence-electron chi connectivity index (χ0n) is 14.6. The van der Waals surface area contributed by atoms with E-state index in [-0.39, 0.29) is 5.56 Å². The molecule has 28 heavy (non-hydrogen) atoms. The van der Waals surface area contributed by atoms with Crippen LogP contribution in [0.2, 0.25) is 0 Å². The average Bonchev–Trinajstić information content (AvgIpc) is 2.68. The van der Waals surface area contributed by atoms with Gasteiger partial charge in [-0.15, -0.1) is 0 Å². The van der Waals surface area contributed by atoms with Gasteiger partial charge in [-0.25, -0.2) is 4.79 Å². The average molecular weight is 551 g/mol. The maximum atomic E-state index is 11.1. The van der Waals surface area contributed by atoms with E-state index in [0.717, 1.165) is 24.9 Å². The number of ether oxygens (including phenoxy) is 1. The second-order valence-electron chi connectivity index (χ2n) is 5.84. The number of benzene rings is 3. The Hall–Kier alpha value is -2.39. The zero-order chi connectivity index (χ0) is 19.9. The van der Waals surface area contributed by atoms with E-state index in [2.05, 4.69) is 49.0 Å². The van der Waals surface area contributed by atoms with Crippen LogP contribution in [0.4, 0.5) is 5.69 Å². The van der Waals surface area contributed by atoms with E-state index in [4.69, 9.17) is 9.84 Å². The van der Waals surface area contributed by atoms with Crippen molar-refractivity contribution in [3.05, 3.63) is 91.5 Å². The van der Waals surface area contributed by atoms with Crippen LogP contribution in [0.15, 0.2) is 76.3 Å². The number of carbonyl (C=O) groups is 1. The van der Waals surface area contributed by atoms with Gasteiger partial charge < -0.3 is 9.84 Å². The molecule has 0 saturated heterocycles. The fourth-order valence-electron chi connectivity index (χ4n) is 2.46. The molecule has 0 atom stereocenters. The lowest BCUT2D eigenvalue weighted by Crippen LogP contribution is -2.02. The molecule has 5 nitrogen and oxygen atoms in total. The first-order valence-corrected chi connectivity index (χ1v) is 10.2. The lowest BCUT2D eigenvalue weighted by Gasteiger charge is -2.12. The molecular formula is C21H16BrIN2O3. The van der Waals surface area contributed by atoms with Gasteiger partial charge in [0.2, 0.25) is 0 Å². The molecule has 0 spiro atoms. The SMILES string of the molecule is O=C(O)c1cccc(NN=Cc2cc(Br)cc(I)c2OCc2ccccc2)c1. The monoisotopic (exact) mass is 550 g/mol. The summed E-state index contributed by atoms with van der Waals surface area (Å²) in [5.74, 6) is -0.247. The molecule has 0 fully saturated rings. The van der Waals surface area contributed by atoms with Crippen molar-refractivity contribution in [2.45, 2.75) is 6.61 Å². The number of aromatic carboxylic acids is 1. The molecule has 0 radical (unpaired) electrons. The molecule has 0 aliphatic heterocycles. The van der Waals surface area contributed by atoms with Gasteiger partial charge in [0.25, 0.3) is 0 Å². The van der Waals surface area contributed by atoms with Gasteiger partial charge >= 0.3 is 5.97 Å². The lowest BCUT2D eigenvalue weighted by molar-refractivity contribution is 0.0697. The summed E-state index contributed by atoms with van der Waals surface area (Å²) in [4.78, 5) is 11.1. The standard InChI is InChI=1S/C21H16BrIN2O3/c22-17-9-16(12-24-25-18-8-4-7-15(10-18)21(26)27)20(19(23)11-17)28-13-14-5-2-1-3-6-14/h1-12,25H,13H2,(H,26,27). The molecule has 3 aromatic carbocycles. The molecule has 7 heteroatoms. The molecule has 142 valence electrons. The summed E-state index contributed by atoms with van der Waals surface area (Å²) >= 11 is 5.72. The zero-order valence-corrected chi connectivity index (χ0v) is 18.3. The first-order valence-electron chi connectivity index (χ1n) is 8.31. The molecule has 0 unspecified atom stereocenters. The number of rotatable bonds is 7. The first kappa shape index (κ1) is 20.3. The third kappa shape index (κ3) is 5.56. The van der Waals surface area contributed by atoms with Crippen molar-refractivity contribution in [1.82, 2.24) is 0 Å². The van der Waals surface area contributed by atoms with Crippen molar-refractivity contribution in [3.8, 4) is 5.75 Å². The summed E-state index contributed by atoms with van der Waals surface area (Å²) in [5, 5.41) is 13.3. The maximum absolute atomic E-state index is 11.1. The highest BCUT2D eigenvalue weighted by molar-refractivity contribution is 14.1. The quantitative estimate of drug-likeness (QED) is 0.222. The topological polar surface area (TPSA) is 70.9 Å². The Morgan fingerprint density at radius 2 is 1.93 bits per heavy atom. The highest BCUT2D eigenvalue weighted by Gasteiger charge is 2.10. The van der Waals surface area contributed by atoms with Crippen molar-refractivity contribution in [2.75, 3.05) is 5.43 Å². The second kappa shape index (κ2) is 9.70. The molecule has 0 aliphatic carbocycles. The summed E-state index contributed by atoms with van der Waals surface area (Å²) in [6.45, 7) is 0.452. The fraction of sp³-hybridized carbons (Fsp3) is 0.0476. The summed E-state index contributed by atoms with van der Waals surface area (Å²) in [6.07, 6.45) is 1.65. The Balaban J connectivity index is 1.77. The molecule has 2 N–H and O–H groups in total. The van der Waals surface area contributed by atoms with E-state index in [9.17, 15) is 4.79 Å². The fourth-order valence-corrected chi connectivity index (χ4v) is 4.16. The van der Waals surface area contributed by atoms with Crippen LogP contribution in [-0.2, 0) is 6.61 Å². The lowest BCUT2D eigenvalue weighted by atomic mass is 10.2. The molecule has 0 heterocycles. The highest BCUT2D eigenvalue weighted by Crippen LogP contribution is 2.29. The Labute approximate surface area is 184 Å². The largest absolute Gasteiger partial charge is 0.487 e. The van der Waals surface area contributed by atoms with Crippen LogP contribution in [0.5, 0.6) is 5.75 Å².